The van der Waals surface area contributed by atoms with Gasteiger partial charge < -0.3 is 36.6 Å². The highest BCUT2D eigenvalue weighted by Gasteiger charge is 2.29. The highest BCUT2D eigenvalue weighted by molar-refractivity contribution is 8.76. The summed E-state index contributed by atoms with van der Waals surface area (Å²) in [7, 11) is 2.20. The standard InChI is InChI=1S/C41H53N5O7S3/c1-5-6-7-8-9-20-53-30-16-14-27(15-17-30)29-22-43-36(44-23-29)28-12-10-26(11-13-28)21-32(45-38(48)34-18-19-35(56-34)41(2,3)4)37(47)46-33(40(51)52)25-55-54-24-31(42)39(49)50/h10-19,22-23,31-33,36,43H,5-9,20-21,24-25,42H2,1-4H3,(H,45,48)(H,46,47)(H,49,50)(H,51,52)/t31-,32-,33-,36?/m0/s1. The fourth-order valence-electron chi connectivity index (χ4n) is 5.51. The lowest BCUT2D eigenvalue weighted by molar-refractivity contribution is -0.141. The Bertz CT molecular complexity index is 1820. The number of aliphatic imine (C=N–C) groups is 1. The van der Waals surface area contributed by atoms with Crippen LogP contribution in [0.15, 0.2) is 71.9 Å². The van der Waals surface area contributed by atoms with Gasteiger partial charge in [0.2, 0.25) is 5.91 Å². The van der Waals surface area contributed by atoms with Crippen LogP contribution in [0.1, 0.15) is 97.2 Å². The first-order valence-electron chi connectivity index (χ1n) is 18.7. The molecule has 0 aliphatic carbocycles. The molecular formula is C41H53N5O7S3. The summed E-state index contributed by atoms with van der Waals surface area (Å²) in [5, 5.41) is 27.6. The predicted molar refractivity (Wildman–Crippen MR) is 228 cm³/mol. The van der Waals surface area contributed by atoms with Crippen LogP contribution in [0.2, 0.25) is 0 Å². The second kappa shape index (κ2) is 21.8. The molecule has 3 aromatic rings. The zero-order chi connectivity index (χ0) is 40.7. The molecule has 12 nitrogen and oxygen atoms in total. The number of carbonyl (C=O) groups excluding carboxylic acids is 2. The fraction of sp³-hybridized carbons (Fsp3) is 0.439. The van der Waals surface area contributed by atoms with Crippen molar-refractivity contribution in [3.8, 4) is 5.75 Å². The van der Waals surface area contributed by atoms with E-state index >= 15 is 0 Å². The summed E-state index contributed by atoms with van der Waals surface area (Å²) in [5.41, 5.74) is 8.96. The van der Waals surface area contributed by atoms with Gasteiger partial charge in [0.1, 0.15) is 30.0 Å². The summed E-state index contributed by atoms with van der Waals surface area (Å²) in [5.74, 6) is -2.65. The minimum Gasteiger partial charge on any atom is -0.494 e. The Hall–Kier alpha value is -4.31. The van der Waals surface area contributed by atoms with E-state index in [1.165, 1.54) is 37.0 Å². The number of nitrogens with two attached hydrogens (primary N) is 1. The molecule has 1 aliphatic heterocycles. The van der Waals surface area contributed by atoms with Gasteiger partial charge in [-0.3, -0.25) is 19.4 Å². The summed E-state index contributed by atoms with van der Waals surface area (Å²) in [6.07, 6.45) is 9.50. The maximum atomic E-state index is 13.7. The number of rotatable bonds is 22. The van der Waals surface area contributed by atoms with Gasteiger partial charge in [0, 0.05) is 40.8 Å². The van der Waals surface area contributed by atoms with Crippen molar-refractivity contribution in [2.75, 3.05) is 18.1 Å². The van der Waals surface area contributed by atoms with Crippen LogP contribution in [0.25, 0.3) is 5.57 Å². The van der Waals surface area contributed by atoms with Gasteiger partial charge in [0.25, 0.3) is 5.91 Å². The molecule has 1 aliphatic rings. The first kappa shape index (κ1) is 44.4. The molecule has 302 valence electrons. The van der Waals surface area contributed by atoms with Crippen molar-refractivity contribution < 1.29 is 34.1 Å². The first-order chi connectivity index (χ1) is 26.7. The number of unbranched alkanes of at least 4 members (excludes halogenated alkanes) is 4. The van der Waals surface area contributed by atoms with Crippen LogP contribution < -0.4 is 26.4 Å². The first-order valence-corrected chi connectivity index (χ1v) is 22.0. The molecule has 7 N–H and O–H groups in total. The Balaban J connectivity index is 1.39. The van der Waals surface area contributed by atoms with E-state index in [2.05, 4.69) is 22.9 Å². The molecule has 56 heavy (non-hydrogen) atoms. The highest BCUT2D eigenvalue weighted by Crippen LogP contribution is 2.30. The van der Waals surface area contributed by atoms with Crippen molar-refractivity contribution in [2.24, 2.45) is 10.7 Å². The minimum atomic E-state index is -1.29. The summed E-state index contributed by atoms with van der Waals surface area (Å²) < 4.78 is 5.90. The normalized spacial score (nSPS) is 15.5. The van der Waals surface area contributed by atoms with Gasteiger partial charge in [-0.05, 0) is 52.8 Å². The summed E-state index contributed by atoms with van der Waals surface area (Å²) in [6.45, 7) is 9.07. The van der Waals surface area contributed by atoms with Crippen LogP contribution in [-0.4, -0.2) is 76.4 Å². The van der Waals surface area contributed by atoms with E-state index in [0.29, 0.717) is 11.5 Å². The van der Waals surface area contributed by atoms with Crippen molar-refractivity contribution in [2.45, 2.75) is 95.9 Å². The molecule has 4 rings (SSSR count). The maximum absolute atomic E-state index is 13.7. The van der Waals surface area contributed by atoms with Gasteiger partial charge in [-0.15, -0.1) is 11.3 Å². The van der Waals surface area contributed by atoms with Gasteiger partial charge in [-0.25, -0.2) is 4.79 Å². The van der Waals surface area contributed by atoms with Crippen LogP contribution in [0.4, 0.5) is 0 Å². The van der Waals surface area contributed by atoms with E-state index in [1.54, 1.807) is 6.07 Å². The Morgan fingerprint density at radius 3 is 2.20 bits per heavy atom. The number of carboxylic acid groups (broad SMARTS) is 2. The summed E-state index contributed by atoms with van der Waals surface area (Å²) >= 11 is 1.34. The number of nitrogens with zero attached hydrogens (tertiary/aromatic N) is 1. The lowest BCUT2D eigenvalue weighted by atomic mass is 9.95. The van der Waals surface area contributed by atoms with Crippen LogP contribution in [-0.2, 0) is 26.2 Å². The molecule has 0 saturated heterocycles. The number of carbonyl (C=O) groups is 4. The Labute approximate surface area is 340 Å². The van der Waals surface area contributed by atoms with E-state index in [9.17, 15) is 24.3 Å². The zero-order valence-corrected chi connectivity index (χ0v) is 34.7. The molecule has 0 saturated carbocycles. The molecule has 4 atom stereocenters. The van der Waals surface area contributed by atoms with Crippen LogP contribution in [0.3, 0.4) is 0 Å². The fourth-order valence-corrected chi connectivity index (χ4v) is 8.75. The molecule has 0 bridgehead atoms. The average Bonchev–Trinajstić information content (AvgIpc) is 3.69. The topological polar surface area (TPSA) is 192 Å². The molecular weight excluding hydrogens is 771 g/mol. The molecule has 0 radical (unpaired) electrons. The lowest BCUT2D eigenvalue weighted by Gasteiger charge is -2.22. The Kier molecular flexibility index (Phi) is 17.3. The third kappa shape index (κ3) is 14.0. The van der Waals surface area contributed by atoms with Gasteiger partial charge in [0.15, 0.2) is 0 Å². The van der Waals surface area contributed by atoms with Crippen LogP contribution in [0, 0.1) is 0 Å². The third-order valence-corrected chi connectivity index (χ3v) is 12.8. The van der Waals surface area contributed by atoms with E-state index in [-0.39, 0.29) is 29.5 Å². The van der Waals surface area contributed by atoms with Crippen molar-refractivity contribution in [1.82, 2.24) is 16.0 Å². The zero-order valence-electron chi connectivity index (χ0n) is 32.3. The second-order valence-corrected chi connectivity index (χ2v) is 18.2. The Morgan fingerprint density at radius 2 is 1.59 bits per heavy atom. The number of thiophene rings is 1. The minimum absolute atomic E-state index is 0.0443. The van der Waals surface area contributed by atoms with E-state index in [1.807, 2.05) is 87.8 Å². The number of hydrogen-bond acceptors (Lipinski definition) is 11. The monoisotopic (exact) mass is 823 g/mol. The van der Waals surface area contributed by atoms with Crippen molar-refractivity contribution in [3.63, 3.8) is 0 Å². The van der Waals surface area contributed by atoms with Crippen LogP contribution in [0.5, 0.6) is 5.75 Å². The number of allylic oxidation sites excluding steroid dienone is 1. The van der Waals surface area contributed by atoms with Crippen molar-refractivity contribution >= 4 is 68.5 Å². The lowest BCUT2D eigenvalue weighted by Crippen LogP contribution is -2.53. The smallest absolute Gasteiger partial charge is 0.327 e. The predicted octanol–water partition coefficient (Wildman–Crippen LogP) is 6.81. The number of carboxylic acids is 2. The van der Waals surface area contributed by atoms with Crippen molar-refractivity contribution in [3.05, 3.63) is 93.3 Å². The molecule has 15 heteroatoms. The third-order valence-electron chi connectivity index (χ3n) is 8.89. The largest absolute Gasteiger partial charge is 0.494 e. The molecule has 2 aromatic carbocycles. The molecule has 2 amide bonds. The maximum Gasteiger partial charge on any atom is 0.327 e. The van der Waals surface area contributed by atoms with E-state index in [0.717, 1.165) is 60.9 Å². The van der Waals surface area contributed by atoms with Gasteiger partial charge in [-0.1, -0.05) is 111 Å². The number of nitrogens with one attached hydrogen (secondary N) is 3. The molecule has 0 spiro atoms. The number of amides is 2. The summed E-state index contributed by atoms with van der Waals surface area (Å²) in [6, 6.07) is 15.6. The van der Waals surface area contributed by atoms with E-state index < -0.39 is 41.9 Å². The number of benzene rings is 2. The Morgan fingerprint density at radius 1 is 0.893 bits per heavy atom. The molecule has 1 aromatic heterocycles. The van der Waals surface area contributed by atoms with E-state index in [4.69, 9.17) is 20.6 Å². The van der Waals surface area contributed by atoms with Crippen molar-refractivity contribution in [1.29, 1.82) is 0 Å². The van der Waals surface area contributed by atoms with Gasteiger partial charge in [0.05, 0.1) is 11.5 Å². The summed E-state index contributed by atoms with van der Waals surface area (Å²) in [4.78, 5) is 56.4. The number of ether oxygens (including phenoxy) is 1. The number of hydrogen-bond donors (Lipinski definition) is 6. The molecule has 0 fully saturated rings. The highest BCUT2D eigenvalue weighted by atomic mass is 33.1. The van der Waals surface area contributed by atoms with Gasteiger partial charge >= 0.3 is 11.9 Å². The second-order valence-electron chi connectivity index (χ2n) is 14.5. The van der Waals surface area contributed by atoms with Crippen LogP contribution >= 0.6 is 32.9 Å². The molecule has 1 unspecified atom stereocenters. The quantitative estimate of drug-likeness (QED) is 0.0461. The van der Waals surface area contributed by atoms with Gasteiger partial charge in [-0.2, -0.15) is 0 Å². The molecule has 2 heterocycles. The number of aliphatic carboxylic acids is 2. The average molecular weight is 824 g/mol. The SMILES string of the molecule is CCCCCCCOc1ccc(C2=CNC(c3ccc(C[C@H](NC(=O)c4ccc(C(C)(C)C)s4)C(=O)N[C@@H](CSSC[C@H](N)C(=O)O)C(=O)O)cc3)N=C2)cc1.